The van der Waals surface area contributed by atoms with E-state index in [2.05, 4.69) is 5.32 Å². The van der Waals surface area contributed by atoms with E-state index in [0.717, 1.165) is 0 Å². The van der Waals surface area contributed by atoms with E-state index in [0.29, 0.717) is 32.4 Å². The monoisotopic (exact) mass is 236 g/mol. The minimum atomic E-state index is -2.84. The lowest BCUT2D eigenvalue weighted by Gasteiger charge is -2.03. The Kier molecular flexibility index (Phi) is 7.33. The minimum absolute atomic E-state index is 0.203. The molecule has 0 aliphatic rings. The fourth-order valence-electron chi connectivity index (χ4n) is 1.07. The molecule has 0 aromatic rings. The van der Waals surface area contributed by atoms with Crippen LogP contribution in [0.4, 0.5) is 0 Å². The smallest absolute Gasteiger partial charge is 0.217 e. The Hall–Kier alpha value is -0.620. The molecule has 90 valence electrons. The van der Waals surface area contributed by atoms with E-state index in [1.165, 1.54) is 0 Å². The summed E-state index contributed by atoms with van der Waals surface area (Å²) in [6.45, 7) is 3.02. The quantitative estimate of drug-likeness (QED) is 0.536. The third-order valence-corrected chi connectivity index (χ3v) is 3.82. The maximum Gasteiger partial charge on any atom is 0.217 e. The maximum absolute atomic E-state index is 11.1. The van der Waals surface area contributed by atoms with Crippen molar-refractivity contribution in [3.63, 3.8) is 0 Å². The highest BCUT2D eigenvalue weighted by molar-refractivity contribution is 7.91. The molecule has 15 heavy (non-hydrogen) atoms. The molecule has 0 aromatic heterocycles. The molecule has 5 nitrogen and oxygen atoms in total. The Balaban J connectivity index is 3.29. The van der Waals surface area contributed by atoms with Gasteiger partial charge in [0.2, 0.25) is 5.91 Å². The molecule has 6 heteroatoms. The summed E-state index contributed by atoms with van der Waals surface area (Å²) in [6.07, 6.45) is 1.70. The summed E-state index contributed by atoms with van der Waals surface area (Å²) in [4.78, 5) is 10.4. The van der Waals surface area contributed by atoms with Gasteiger partial charge in [0.1, 0.15) is 9.84 Å². The lowest BCUT2D eigenvalue weighted by Crippen LogP contribution is -2.21. The number of nitrogens with one attached hydrogen (secondary N) is 1. The predicted molar refractivity (Wildman–Crippen MR) is 60.2 cm³/mol. The molecule has 0 bridgehead atoms. The SMILES string of the molecule is CCS(=O)(=O)CCCNCCCC(N)=O. The van der Waals surface area contributed by atoms with Crippen molar-refractivity contribution in [1.82, 2.24) is 5.32 Å². The second-order valence-corrected chi connectivity index (χ2v) is 5.88. The van der Waals surface area contributed by atoms with E-state index < -0.39 is 9.84 Å². The van der Waals surface area contributed by atoms with Crippen molar-refractivity contribution in [1.29, 1.82) is 0 Å². The lowest BCUT2D eigenvalue weighted by molar-refractivity contribution is -0.118. The largest absolute Gasteiger partial charge is 0.370 e. The van der Waals surface area contributed by atoms with Gasteiger partial charge in [0.15, 0.2) is 0 Å². The number of amides is 1. The molecule has 0 heterocycles. The Morgan fingerprint density at radius 2 is 1.87 bits per heavy atom. The fraction of sp³-hybridized carbons (Fsp3) is 0.889. The molecule has 3 N–H and O–H groups in total. The van der Waals surface area contributed by atoms with Crippen molar-refractivity contribution in [3.8, 4) is 0 Å². The first-order valence-electron chi connectivity index (χ1n) is 5.17. The number of nitrogens with two attached hydrogens (primary N) is 1. The summed E-state index contributed by atoms with van der Waals surface area (Å²) >= 11 is 0. The van der Waals surface area contributed by atoms with E-state index in [1.54, 1.807) is 6.92 Å². The van der Waals surface area contributed by atoms with Gasteiger partial charge in [0.05, 0.1) is 5.75 Å². The van der Waals surface area contributed by atoms with Crippen LogP contribution in [0.25, 0.3) is 0 Å². The van der Waals surface area contributed by atoms with Gasteiger partial charge in [0, 0.05) is 12.2 Å². The van der Waals surface area contributed by atoms with Crippen molar-refractivity contribution >= 4 is 15.7 Å². The van der Waals surface area contributed by atoms with Gasteiger partial charge in [-0.25, -0.2) is 8.42 Å². The highest BCUT2D eigenvalue weighted by atomic mass is 32.2. The Labute approximate surface area is 91.3 Å². The normalized spacial score (nSPS) is 11.5. The molecule has 1 amide bonds. The predicted octanol–water partition coefficient (Wildman–Crippen LogP) is -0.334. The van der Waals surface area contributed by atoms with Gasteiger partial charge in [0.25, 0.3) is 0 Å². The highest BCUT2D eigenvalue weighted by Gasteiger charge is 2.05. The first kappa shape index (κ1) is 14.4. The second kappa shape index (κ2) is 7.64. The van der Waals surface area contributed by atoms with Crippen molar-refractivity contribution in [2.45, 2.75) is 26.2 Å². The van der Waals surface area contributed by atoms with Crippen LogP contribution in [0.3, 0.4) is 0 Å². The summed E-state index contributed by atoms with van der Waals surface area (Å²) in [5.41, 5.74) is 4.96. The number of carbonyl (C=O) groups is 1. The summed E-state index contributed by atoms with van der Waals surface area (Å²) in [7, 11) is -2.84. The zero-order valence-electron chi connectivity index (χ0n) is 9.16. The molecule has 0 saturated heterocycles. The van der Waals surface area contributed by atoms with Crippen LogP contribution in [0, 0.1) is 0 Å². The molecule has 0 saturated carbocycles. The van der Waals surface area contributed by atoms with Crippen LogP contribution in [0.2, 0.25) is 0 Å². The van der Waals surface area contributed by atoms with Crippen LogP contribution >= 0.6 is 0 Å². The van der Waals surface area contributed by atoms with E-state index in [4.69, 9.17) is 5.73 Å². The molecule has 0 unspecified atom stereocenters. The zero-order valence-corrected chi connectivity index (χ0v) is 9.98. The van der Waals surface area contributed by atoms with Crippen LogP contribution in [0.15, 0.2) is 0 Å². The fourth-order valence-corrected chi connectivity index (χ4v) is 1.95. The molecule has 0 aromatic carbocycles. The van der Waals surface area contributed by atoms with E-state index >= 15 is 0 Å². The van der Waals surface area contributed by atoms with Gasteiger partial charge in [-0.15, -0.1) is 0 Å². The van der Waals surface area contributed by atoms with Crippen LogP contribution in [-0.4, -0.2) is 38.9 Å². The zero-order chi connectivity index (χ0) is 11.7. The van der Waals surface area contributed by atoms with Gasteiger partial charge in [-0.05, 0) is 25.9 Å². The first-order chi connectivity index (χ1) is 6.98. The third kappa shape index (κ3) is 9.68. The molecule has 0 spiro atoms. The Morgan fingerprint density at radius 1 is 1.27 bits per heavy atom. The number of hydrogen-bond donors (Lipinski definition) is 2. The molecule has 0 rings (SSSR count). The molecule has 0 radical (unpaired) electrons. The van der Waals surface area contributed by atoms with Gasteiger partial charge in [-0.3, -0.25) is 4.79 Å². The van der Waals surface area contributed by atoms with Crippen LogP contribution < -0.4 is 11.1 Å². The molecular weight excluding hydrogens is 216 g/mol. The van der Waals surface area contributed by atoms with E-state index in [-0.39, 0.29) is 17.4 Å². The van der Waals surface area contributed by atoms with Gasteiger partial charge < -0.3 is 11.1 Å². The van der Waals surface area contributed by atoms with Crippen molar-refractivity contribution in [2.24, 2.45) is 5.73 Å². The number of hydrogen-bond acceptors (Lipinski definition) is 4. The molecular formula is C9H20N2O3S. The summed E-state index contributed by atoms with van der Waals surface area (Å²) in [6, 6.07) is 0. The lowest BCUT2D eigenvalue weighted by atomic mass is 10.3. The van der Waals surface area contributed by atoms with Crippen LogP contribution in [-0.2, 0) is 14.6 Å². The first-order valence-corrected chi connectivity index (χ1v) is 6.99. The summed E-state index contributed by atoms with van der Waals surface area (Å²) in [5, 5.41) is 3.07. The van der Waals surface area contributed by atoms with Crippen molar-refractivity contribution in [2.75, 3.05) is 24.6 Å². The molecule has 0 atom stereocenters. The third-order valence-electron chi connectivity index (χ3n) is 2.03. The standard InChI is InChI=1S/C9H20N2O3S/c1-2-15(13,14)8-4-7-11-6-3-5-9(10)12/h11H,2-8H2,1H3,(H2,10,12). The highest BCUT2D eigenvalue weighted by Crippen LogP contribution is 1.92. The number of primary amides is 1. The second-order valence-electron chi connectivity index (χ2n) is 3.41. The number of sulfone groups is 1. The molecule has 0 aliphatic heterocycles. The summed E-state index contributed by atoms with van der Waals surface area (Å²) < 4.78 is 22.2. The van der Waals surface area contributed by atoms with E-state index in [9.17, 15) is 13.2 Å². The van der Waals surface area contributed by atoms with Crippen LogP contribution in [0.5, 0.6) is 0 Å². The number of carbonyl (C=O) groups excluding carboxylic acids is 1. The minimum Gasteiger partial charge on any atom is -0.370 e. The molecule has 0 fully saturated rings. The average molecular weight is 236 g/mol. The maximum atomic E-state index is 11.1. The summed E-state index contributed by atoms with van der Waals surface area (Å²) in [5.74, 6) is 0.131. The van der Waals surface area contributed by atoms with Gasteiger partial charge >= 0.3 is 0 Å². The Morgan fingerprint density at radius 3 is 2.40 bits per heavy atom. The molecule has 0 aliphatic carbocycles. The topological polar surface area (TPSA) is 89.3 Å². The Bertz CT molecular complexity index is 275. The van der Waals surface area contributed by atoms with Crippen molar-refractivity contribution < 1.29 is 13.2 Å². The number of rotatable bonds is 9. The average Bonchev–Trinajstić information content (AvgIpc) is 2.16. The van der Waals surface area contributed by atoms with Crippen molar-refractivity contribution in [3.05, 3.63) is 0 Å². The van der Waals surface area contributed by atoms with Crippen LogP contribution in [0.1, 0.15) is 26.2 Å². The van der Waals surface area contributed by atoms with E-state index in [1.807, 2.05) is 0 Å². The van der Waals surface area contributed by atoms with Gasteiger partial charge in [-0.2, -0.15) is 0 Å². The van der Waals surface area contributed by atoms with Gasteiger partial charge in [-0.1, -0.05) is 6.92 Å².